The van der Waals surface area contributed by atoms with Crippen molar-refractivity contribution in [3.8, 4) is 11.5 Å². The minimum Gasteiger partial charge on any atom is -0.493 e. The van der Waals surface area contributed by atoms with E-state index in [1.807, 2.05) is 18.2 Å². The Labute approximate surface area is 127 Å². The van der Waals surface area contributed by atoms with Gasteiger partial charge < -0.3 is 24.6 Å². The van der Waals surface area contributed by atoms with Crippen LogP contribution in [0.5, 0.6) is 11.5 Å². The molecule has 0 aromatic heterocycles. The van der Waals surface area contributed by atoms with Gasteiger partial charge in [-0.2, -0.15) is 0 Å². The Morgan fingerprint density at radius 1 is 1.05 bits per heavy atom. The molecule has 0 aliphatic rings. The molecule has 0 spiro atoms. The molecule has 0 fully saturated rings. The largest absolute Gasteiger partial charge is 0.493 e. The van der Waals surface area contributed by atoms with E-state index in [9.17, 15) is 0 Å². The number of aliphatic hydroxyl groups excluding tert-OH is 1. The highest BCUT2D eigenvalue weighted by Crippen LogP contribution is 2.28. The number of hydrogen-bond donors (Lipinski definition) is 2. The maximum Gasteiger partial charge on any atom is 0.161 e. The zero-order valence-electron chi connectivity index (χ0n) is 13.1. The molecule has 0 saturated heterocycles. The third kappa shape index (κ3) is 7.32. The van der Waals surface area contributed by atoms with E-state index < -0.39 is 0 Å². The van der Waals surface area contributed by atoms with Crippen molar-refractivity contribution in [2.45, 2.75) is 25.8 Å². The number of unbranched alkanes of at least 4 members (excludes halogenated alkanes) is 2. The molecule has 0 aliphatic heterocycles. The minimum absolute atomic E-state index is 0.244. The van der Waals surface area contributed by atoms with Crippen LogP contribution < -0.4 is 14.8 Å². The van der Waals surface area contributed by atoms with Crippen LogP contribution >= 0.6 is 0 Å². The Hall–Kier alpha value is -1.30. The lowest BCUT2D eigenvalue weighted by Gasteiger charge is -2.12. The van der Waals surface area contributed by atoms with Crippen molar-refractivity contribution in [3.05, 3.63) is 23.8 Å². The smallest absolute Gasteiger partial charge is 0.161 e. The van der Waals surface area contributed by atoms with Crippen molar-refractivity contribution in [2.24, 2.45) is 0 Å². The van der Waals surface area contributed by atoms with Gasteiger partial charge in [-0.05, 0) is 37.0 Å². The van der Waals surface area contributed by atoms with Crippen molar-refractivity contribution in [1.29, 1.82) is 0 Å². The van der Waals surface area contributed by atoms with E-state index in [4.69, 9.17) is 19.3 Å². The summed E-state index contributed by atoms with van der Waals surface area (Å²) in [6, 6.07) is 5.96. The van der Waals surface area contributed by atoms with Crippen LogP contribution in [0.3, 0.4) is 0 Å². The summed E-state index contributed by atoms with van der Waals surface area (Å²) in [4.78, 5) is 0. The van der Waals surface area contributed by atoms with Gasteiger partial charge in [0.2, 0.25) is 0 Å². The summed E-state index contributed by atoms with van der Waals surface area (Å²) in [5.41, 5.74) is 1.15. The highest BCUT2D eigenvalue weighted by Gasteiger charge is 2.05. The fraction of sp³-hybridized carbons (Fsp3) is 0.625. The molecule has 0 aliphatic carbocycles. The van der Waals surface area contributed by atoms with Crippen LogP contribution in [-0.2, 0) is 11.3 Å². The van der Waals surface area contributed by atoms with Gasteiger partial charge in [0.05, 0.1) is 20.3 Å². The van der Waals surface area contributed by atoms with Crippen LogP contribution in [0.15, 0.2) is 18.2 Å². The van der Waals surface area contributed by atoms with Crippen molar-refractivity contribution in [3.63, 3.8) is 0 Å². The summed E-state index contributed by atoms with van der Waals surface area (Å²) in [5.74, 6) is 1.52. The summed E-state index contributed by atoms with van der Waals surface area (Å²) < 4.78 is 16.1. The second-order valence-corrected chi connectivity index (χ2v) is 4.79. The van der Waals surface area contributed by atoms with Gasteiger partial charge in [-0.25, -0.2) is 0 Å². The second kappa shape index (κ2) is 11.4. The molecule has 21 heavy (non-hydrogen) atoms. The van der Waals surface area contributed by atoms with Crippen LogP contribution in [0.1, 0.15) is 24.8 Å². The topological polar surface area (TPSA) is 60.0 Å². The first kappa shape index (κ1) is 17.8. The average Bonchev–Trinajstić information content (AvgIpc) is 2.52. The SMILES string of the molecule is COCCNCc1ccc(OCCCCCO)c(OC)c1. The van der Waals surface area contributed by atoms with E-state index >= 15 is 0 Å². The molecule has 0 heterocycles. The fourth-order valence-corrected chi connectivity index (χ4v) is 1.92. The van der Waals surface area contributed by atoms with E-state index in [0.29, 0.717) is 13.2 Å². The lowest BCUT2D eigenvalue weighted by atomic mass is 10.2. The Morgan fingerprint density at radius 2 is 1.90 bits per heavy atom. The van der Waals surface area contributed by atoms with Gasteiger partial charge in [-0.3, -0.25) is 0 Å². The third-order valence-electron chi connectivity index (χ3n) is 3.10. The van der Waals surface area contributed by atoms with Crippen LogP contribution in [0.2, 0.25) is 0 Å². The summed E-state index contributed by atoms with van der Waals surface area (Å²) in [5, 5.41) is 12.0. The van der Waals surface area contributed by atoms with Gasteiger partial charge in [0.1, 0.15) is 0 Å². The summed E-state index contributed by atoms with van der Waals surface area (Å²) >= 11 is 0. The molecule has 120 valence electrons. The molecule has 0 unspecified atom stereocenters. The van der Waals surface area contributed by atoms with Crippen LogP contribution in [-0.4, -0.2) is 45.7 Å². The van der Waals surface area contributed by atoms with Crippen LogP contribution in [0.25, 0.3) is 0 Å². The molecule has 1 aromatic carbocycles. The molecular weight excluding hydrogens is 270 g/mol. The molecule has 5 nitrogen and oxygen atoms in total. The fourth-order valence-electron chi connectivity index (χ4n) is 1.92. The first-order valence-electron chi connectivity index (χ1n) is 7.42. The maximum atomic E-state index is 8.73. The van der Waals surface area contributed by atoms with Crippen molar-refractivity contribution in [1.82, 2.24) is 5.32 Å². The highest BCUT2D eigenvalue weighted by molar-refractivity contribution is 5.42. The zero-order chi connectivity index (χ0) is 15.3. The highest BCUT2D eigenvalue weighted by atomic mass is 16.5. The summed E-state index contributed by atoms with van der Waals surface area (Å²) in [6.07, 6.45) is 2.73. The lowest BCUT2D eigenvalue weighted by Crippen LogP contribution is -2.18. The monoisotopic (exact) mass is 297 g/mol. The van der Waals surface area contributed by atoms with Crippen molar-refractivity contribution in [2.75, 3.05) is 40.6 Å². The maximum absolute atomic E-state index is 8.73. The van der Waals surface area contributed by atoms with Gasteiger partial charge in [0.15, 0.2) is 11.5 Å². The zero-order valence-corrected chi connectivity index (χ0v) is 13.1. The lowest BCUT2D eigenvalue weighted by molar-refractivity contribution is 0.199. The van der Waals surface area contributed by atoms with E-state index in [-0.39, 0.29) is 6.61 Å². The number of methoxy groups -OCH3 is 2. The van der Waals surface area contributed by atoms with E-state index in [2.05, 4.69) is 5.32 Å². The van der Waals surface area contributed by atoms with Gasteiger partial charge in [-0.1, -0.05) is 6.07 Å². The first-order valence-corrected chi connectivity index (χ1v) is 7.42. The van der Waals surface area contributed by atoms with E-state index in [0.717, 1.165) is 49.4 Å². The second-order valence-electron chi connectivity index (χ2n) is 4.79. The molecule has 0 radical (unpaired) electrons. The summed E-state index contributed by atoms with van der Waals surface area (Å²) in [7, 11) is 3.34. The average molecular weight is 297 g/mol. The number of benzene rings is 1. The number of aliphatic hydroxyl groups is 1. The van der Waals surface area contributed by atoms with Gasteiger partial charge in [-0.15, -0.1) is 0 Å². The number of hydrogen-bond acceptors (Lipinski definition) is 5. The molecule has 0 bridgehead atoms. The Balaban J connectivity index is 2.42. The normalized spacial score (nSPS) is 10.6. The number of nitrogens with one attached hydrogen (secondary N) is 1. The quantitative estimate of drug-likeness (QED) is 0.578. The predicted molar refractivity (Wildman–Crippen MR) is 83.0 cm³/mol. The Bertz CT molecular complexity index is 385. The standard InChI is InChI=1S/C16H27NO4/c1-19-11-8-17-13-14-6-7-15(16(12-14)20-2)21-10-5-3-4-9-18/h6-7,12,17-18H,3-5,8-11,13H2,1-2H3. The molecule has 0 saturated carbocycles. The molecule has 2 N–H and O–H groups in total. The minimum atomic E-state index is 0.244. The van der Waals surface area contributed by atoms with E-state index in [1.165, 1.54) is 0 Å². The predicted octanol–water partition coefficient (Wildman–Crippen LogP) is 1.97. The third-order valence-corrected chi connectivity index (χ3v) is 3.10. The van der Waals surface area contributed by atoms with Crippen LogP contribution in [0.4, 0.5) is 0 Å². The molecular formula is C16H27NO4. The summed E-state index contributed by atoms with van der Waals surface area (Å²) in [6.45, 7) is 3.18. The molecule has 5 heteroatoms. The van der Waals surface area contributed by atoms with Gasteiger partial charge >= 0.3 is 0 Å². The van der Waals surface area contributed by atoms with Crippen LogP contribution in [0, 0.1) is 0 Å². The Kier molecular flexibility index (Phi) is 9.61. The van der Waals surface area contributed by atoms with Crippen molar-refractivity contribution >= 4 is 0 Å². The van der Waals surface area contributed by atoms with Gasteiger partial charge in [0, 0.05) is 26.8 Å². The first-order chi connectivity index (χ1) is 10.3. The van der Waals surface area contributed by atoms with Gasteiger partial charge in [0.25, 0.3) is 0 Å². The molecule has 0 atom stereocenters. The van der Waals surface area contributed by atoms with Crippen molar-refractivity contribution < 1.29 is 19.3 Å². The Morgan fingerprint density at radius 3 is 2.62 bits per heavy atom. The van der Waals surface area contributed by atoms with E-state index in [1.54, 1.807) is 14.2 Å². The molecule has 1 aromatic rings. The number of rotatable bonds is 12. The molecule has 0 amide bonds. The number of ether oxygens (including phenoxy) is 3. The molecule has 1 rings (SSSR count).